The number of thiazole rings is 1. The first-order chi connectivity index (χ1) is 7.26. The van der Waals surface area contributed by atoms with Crippen molar-refractivity contribution in [2.75, 3.05) is 6.61 Å². The van der Waals surface area contributed by atoms with Crippen LogP contribution in [0.4, 0.5) is 0 Å². The van der Waals surface area contributed by atoms with E-state index in [4.69, 9.17) is 5.11 Å². The number of aliphatic hydroxyl groups is 1. The minimum Gasteiger partial charge on any atom is -0.395 e. The summed E-state index contributed by atoms with van der Waals surface area (Å²) in [7, 11) is 0. The number of thioether (sulfide) groups is 1. The number of carbonyl (C=O) groups is 1. The summed E-state index contributed by atoms with van der Waals surface area (Å²) in [6, 6.07) is 0. The van der Waals surface area contributed by atoms with Crippen LogP contribution < -0.4 is 0 Å². The highest BCUT2D eigenvalue weighted by Gasteiger charge is 2.15. The van der Waals surface area contributed by atoms with Crippen LogP contribution in [0.1, 0.15) is 17.4 Å². The van der Waals surface area contributed by atoms with E-state index in [0.29, 0.717) is 10.7 Å². The van der Waals surface area contributed by atoms with Gasteiger partial charge in [0.15, 0.2) is 11.2 Å². The molecule has 0 spiro atoms. The van der Waals surface area contributed by atoms with E-state index in [1.54, 1.807) is 4.40 Å². The third-order valence-electron chi connectivity index (χ3n) is 1.95. The lowest BCUT2D eigenvalue weighted by molar-refractivity contribution is 0.111. The van der Waals surface area contributed by atoms with Gasteiger partial charge in [0.25, 0.3) is 0 Å². The molecule has 0 amide bonds. The number of rotatable bonds is 4. The van der Waals surface area contributed by atoms with Crippen molar-refractivity contribution in [1.82, 2.24) is 9.38 Å². The van der Waals surface area contributed by atoms with Crippen LogP contribution in [0, 0.1) is 0 Å². The third kappa shape index (κ3) is 1.92. The van der Waals surface area contributed by atoms with Gasteiger partial charge in [0.1, 0.15) is 10.7 Å². The van der Waals surface area contributed by atoms with Crippen LogP contribution in [0.3, 0.4) is 0 Å². The standard InChI is InChI=1S/C9H10N2O2S2/c1-6(4-12)15-8-7(5-13)11-2-3-14-9(11)10-8/h2-3,5-6,12H,4H2,1H3. The molecular formula is C9H10N2O2S2. The first-order valence-corrected chi connectivity index (χ1v) is 6.20. The molecule has 0 bridgehead atoms. The summed E-state index contributed by atoms with van der Waals surface area (Å²) in [6.07, 6.45) is 2.63. The van der Waals surface area contributed by atoms with E-state index in [1.165, 1.54) is 23.1 Å². The van der Waals surface area contributed by atoms with Gasteiger partial charge in [-0.3, -0.25) is 9.20 Å². The molecule has 6 heteroatoms. The first kappa shape index (κ1) is 10.7. The zero-order valence-electron chi connectivity index (χ0n) is 8.08. The van der Waals surface area contributed by atoms with Crippen molar-refractivity contribution < 1.29 is 9.90 Å². The lowest BCUT2D eigenvalue weighted by atomic mass is 10.5. The van der Waals surface area contributed by atoms with Crippen LogP contribution in [-0.2, 0) is 0 Å². The van der Waals surface area contributed by atoms with Crippen molar-refractivity contribution in [3.8, 4) is 0 Å². The number of aldehydes is 1. The van der Waals surface area contributed by atoms with Crippen molar-refractivity contribution in [1.29, 1.82) is 0 Å². The van der Waals surface area contributed by atoms with Gasteiger partial charge in [-0.25, -0.2) is 4.98 Å². The lowest BCUT2D eigenvalue weighted by Gasteiger charge is -2.04. The molecule has 0 saturated carbocycles. The maximum Gasteiger partial charge on any atom is 0.195 e. The number of hydrogen-bond donors (Lipinski definition) is 1. The Morgan fingerprint density at radius 1 is 1.80 bits per heavy atom. The predicted octanol–water partition coefficient (Wildman–Crippen LogP) is 1.68. The number of imidazole rings is 1. The predicted molar refractivity (Wildman–Crippen MR) is 60.9 cm³/mol. The van der Waals surface area contributed by atoms with Crippen molar-refractivity contribution in [2.45, 2.75) is 17.2 Å². The van der Waals surface area contributed by atoms with Gasteiger partial charge in [0.05, 0.1) is 6.61 Å². The second-order valence-electron chi connectivity index (χ2n) is 3.09. The van der Waals surface area contributed by atoms with Gasteiger partial charge < -0.3 is 5.11 Å². The van der Waals surface area contributed by atoms with E-state index in [-0.39, 0.29) is 11.9 Å². The largest absolute Gasteiger partial charge is 0.395 e. The molecule has 1 unspecified atom stereocenters. The number of aromatic nitrogens is 2. The van der Waals surface area contributed by atoms with Gasteiger partial charge in [0.2, 0.25) is 0 Å². The van der Waals surface area contributed by atoms with Crippen LogP contribution in [0.25, 0.3) is 4.96 Å². The molecule has 2 rings (SSSR count). The van der Waals surface area contributed by atoms with Crippen molar-refractivity contribution in [3.05, 3.63) is 17.3 Å². The van der Waals surface area contributed by atoms with Gasteiger partial charge in [-0.2, -0.15) is 0 Å². The van der Waals surface area contributed by atoms with Gasteiger partial charge in [0, 0.05) is 16.8 Å². The fraction of sp³-hybridized carbons (Fsp3) is 0.333. The molecule has 0 radical (unpaired) electrons. The van der Waals surface area contributed by atoms with Crippen LogP contribution in [-0.4, -0.2) is 32.6 Å². The lowest BCUT2D eigenvalue weighted by Crippen LogP contribution is -2.02. The molecule has 0 aliphatic heterocycles. The minimum atomic E-state index is 0.0494. The molecule has 0 aromatic carbocycles. The maximum absolute atomic E-state index is 10.9. The second-order valence-corrected chi connectivity index (χ2v) is 5.39. The molecule has 4 nitrogen and oxygen atoms in total. The van der Waals surface area contributed by atoms with Crippen LogP contribution in [0.15, 0.2) is 16.6 Å². The average molecular weight is 242 g/mol. The topological polar surface area (TPSA) is 54.6 Å². The smallest absolute Gasteiger partial charge is 0.195 e. The van der Waals surface area contributed by atoms with E-state index >= 15 is 0 Å². The molecule has 0 fully saturated rings. The molecule has 1 atom stereocenters. The molecular weight excluding hydrogens is 232 g/mol. The Bertz CT molecular complexity index is 477. The summed E-state index contributed by atoms with van der Waals surface area (Å²) in [5.41, 5.74) is 0.566. The Hall–Kier alpha value is -0.850. The molecule has 2 aromatic rings. The third-order valence-corrected chi connectivity index (χ3v) is 3.78. The Balaban J connectivity index is 2.41. The van der Waals surface area contributed by atoms with Crippen LogP contribution >= 0.6 is 23.1 Å². The normalized spacial score (nSPS) is 13.2. The molecule has 80 valence electrons. The monoisotopic (exact) mass is 242 g/mol. The van der Waals surface area contributed by atoms with E-state index in [0.717, 1.165) is 11.2 Å². The zero-order chi connectivity index (χ0) is 10.8. The summed E-state index contributed by atoms with van der Waals surface area (Å²) < 4.78 is 1.77. The van der Waals surface area contributed by atoms with Gasteiger partial charge in [-0.05, 0) is 0 Å². The summed E-state index contributed by atoms with van der Waals surface area (Å²) in [5.74, 6) is 0. The highest BCUT2D eigenvalue weighted by molar-refractivity contribution is 7.99. The Morgan fingerprint density at radius 3 is 3.27 bits per heavy atom. The van der Waals surface area contributed by atoms with Gasteiger partial charge in [-0.1, -0.05) is 18.7 Å². The Morgan fingerprint density at radius 2 is 2.60 bits per heavy atom. The highest BCUT2D eigenvalue weighted by Crippen LogP contribution is 2.27. The molecule has 0 aliphatic carbocycles. The fourth-order valence-electron chi connectivity index (χ4n) is 1.21. The summed E-state index contributed by atoms with van der Waals surface area (Å²) in [4.78, 5) is 16.1. The number of fused-ring (bicyclic) bond motifs is 1. The molecule has 2 aromatic heterocycles. The second kappa shape index (κ2) is 4.34. The van der Waals surface area contributed by atoms with E-state index in [2.05, 4.69) is 4.98 Å². The van der Waals surface area contributed by atoms with Gasteiger partial charge >= 0.3 is 0 Å². The summed E-state index contributed by atoms with van der Waals surface area (Å²) in [6.45, 7) is 1.97. The molecule has 0 aliphatic rings. The fourth-order valence-corrected chi connectivity index (χ4v) is 2.85. The van der Waals surface area contributed by atoms with Crippen LogP contribution in [0.2, 0.25) is 0 Å². The molecule has 2 heterocycles. The SMILES string of the molecule is CC(CO)Sc1nc2sccn2c1C=O. The molecule has 0 saturated heterocycles. The summed E-state index contributed by atoms with van der Waals surface area (Å²) >= 11 is 2.91. The first-order valence-electron chi connectivity index (χ1n) is 4.44. The number of hydrogen-bond acceptors (Lipinski definition) is 5. The summed E-state index contributed by atoms with van der Waals surface area (Å²) in [5, 5.41) is 11.6. The van der Waals surface area contributed by atoms with Crippen molar-refractivity contribution >= 4 is 34.3 Å². The van der Waals surface area contributed by atoms with E-state index in [9.17, 15) is 4.79 Å². The minimum absolute atomic E-state index is 0.0494. The van der Waals surface area contributed by atoms with E-state index in [1.807, 2.05) is 18.5 Å². The van der Waals surface area contributed by atoms with Crippen molar-refractivity contribution in [3.63, 3.8) is 0 Å². The number of nitrogens with zero attached hydrogens (tertiary/aromatic N) is 2. The average Bonchev–Trinajstić information content (AvgIpc) is 2.77. The van der Waals surface area contributed by atoms with Gasteiger partial charge in [-0.15, -0.1) is 11.3 Å². The Labute approximate surface area is 94.9 Å². The number of carbonyl (C=O) groups excluding carboxylic acids is 1. The maximum atomic E-state index is 10.9. The van der Waals surface area contributed by atoms with Crippen LogP contribution in [0.5, 0.6) is 0 Å². The quantitative estimate of drug-likeness (QED) is 0.654. The highest BCUT2D eigenvalue weighted by atomic mass is 32.2. The van der Waals surface area contributed by atoms with E-state index < -0.39 is 0 Å². The number of aliphatic hydroxyl groups excluding tert-OH is 1. The zero-order valence-corrected chi connectivity index (χ0v) is 9.72. The van der Waals surface area contributed by atoms with Crippen molar-refractivity contribution in [2.24, 2.45) is 0 Å². The molecule has 1 N–H and O–H groups in total. The Kier molecular flexibility index (Phi) is 3.08. The molecule has 15 heavy (non-hydrogen) atoms.